The molecule has 2 rings (SSSR count). The fourth-order valence-electron chi connectivity index (χ4n) is 1.24. The molecule has 0 amide bonds. The van der Waals surface area contributed by atoms with E-state index in [1.165, 1.54) is 0 Å². The van der Waals surface area contributed by atoms with Crippen LogP contribution >= 0.6 is 22.6 Å². The van der Waals surface area contributed by atoms with Gasteiger partial charge in [-0.3, -0.25) is 4.98 Å². The van der Waals surface area contributed by atoms with Crippen LogP contribution in [0.5, 0.6) is 0 Å². The molecule has 2 aromatic heterocycles. The van der Waals surface area contributed by atoms with Crippen LogP contribution in [-0.2, 0) is 6.54 Å². The molecule has 2 heterocycles. The van der Waals surface area contributed by atoms with Crippen LogP contribution in [0.15, 0.2) is 24.5 Å². The Morgan fingerprint density at radius 3 is 2.73 bits per heavy atom. The first-order chi connectivity index (χ1) is 7.16. The Bertz CT molecular complexity index is 461. The topological polar surface area (TPSA) is 56.7 Å². The lowest BCUT2D eigenvalue weighted by molar-refractivity contribution is 0.682. The van der Waals surface area contributed by atoms with Crippen molar-refractivity contribution in [3.8, 4) is 0 Å². The average Bonchev–Trinajstić information content (AvgIpc) is 2.53. The van der Waals surface area contributed by atoms with Gasteiger partial charge in [-0.25, -0.2) is 4.68 Å². The van der Waals surface area contributed by atoms with Gasteiger partial charge in [-0.1, -0.05) is 6.07 Å². The summed E-state index contributed by atoms with van der Waals surface area (Å²) in [5, 5.41) is 4.18. The fourth-order valence-corrected chi connectivity index (χ4v) is 1.65. The quantitative estimate of drug-likeness (QED) is 0.860. The van der Waals surface area contributed by atoms with E-state index in [-0.39, 0.29) is 0 Å². The number of halogens is 1. The van der Waals surface area contributed by atoms with Gasteiger partial charge < -0.3 is 5.73 Å². The van der Waals surface area contributed by atoms with E-state index in [1.54, 1.807) is 10.9 Å². The molecule has 0 aliphatic rings. The zero-order valence-corrected chi connectivity index (χ0v) is 10.5. The van der Waals surface area contributed by atoms with E-state index in [9.17, 15) is 0 Å². The lowest BCUT2D eigenvalue weighted by Gasteiger charge is -2.03. The molecule has 0 fully saturated rings. The number of anilines is 1. The summed E-state index contributed by atoms with van der Waals surface area (Å²) in [4.78, 5) is 4.31. The number of aromatic nitrogens is 3. The fraction of sp³-hybridized carbons (Fsp3) is 0.200. The van der Waals surface area contributed by atoms with Crippen LogP contribution in [0.1, 0.15) is 11.3 Å². The van der Waals surface area contributed by atoms with Crippen molar-refractivity contribution < 1.29 is 0 Å². The molecule has 0 spiro atoms. The second-order valence-electron chi connectivity index (χ2n) is 3.36. The van der Waals surface area contributed by atoms with Crippen LogP contribution in [0.4, 0.5) is 5.82 Å². The Kier molecular flexibility index (Phi) is 2.90. The van der Waals surface area contributed by atoms with Gasteiger partial charge in [-0.15, -0.1) is 0 Å². The smallest absolute Gasteiger partial charge is 0.135 e. The number of aryl methyl sites for hydroxylation is 1. The Morgan fingerprint density at radius 2 is 2.20 bits per heavy atom. The molecular formula is C10H11IN4. The van der Waals surface area contributed by atoms with Gasteiger partial charge in [0.1, 0.15) is 5.82 Å². The minimum atomic E-state index is 0.620. The maximum Gasteiger partial charge on any atom is 0.135 e. The summed E-state index contributed by atoms with van der Waals surface area (Å²) in [6, 6.07) is 4.02. The number of hydrogen-bond acceptors (Lipinski definition) is 3. The highest BCUT2D eigenvalue weighted by molar-refractivity contribution is 14.1. The van der Waals surface area contributed by atoms with E-state index >= 15 is 0 Å². The molecule has 4 nitrogen and oxygen atoms in total. The molecule has 0 aliphatic carbocycles. The molecule has 0 bridgehead atoms. The number of nitrogen functional groups attached to an aromatic ring is 1. The van der Waals surface area contributed by atoms with Gasteiger partial charge in [-0.05, 0) is 41.1 Å². The maximum absolute atomic E-state index is 5.85. The first kappa shape index (κ1) is 10.4. The molecule has 0 unspecified atom stereocenters. The second kappa shape index (κ2) is 4.18. The molecule has 2 N–H and O–H groups in total. The molecule has 0 saturated heterocycles. The van der Waals surface area contributed by atoms with Crippen molar-refractivity contribution in [1.82, 2.24) is 14.8 Å². The third-order valence-electron chi connectivity index (χ3n) is 2.12. The SMILES string of the molecule is Cc1ccc(Cn2ncc(I)c2N)nc1. The van der Waals surface area contributed by atoms with Crippen LogP contribution in [0.3, 0.4) is 0 Å². The normalized spacial score (nSPS) is 10.5. The largest absolute Gasteiger partial charge is 0.383 e. The van der Waals surface area contributed by atoms with E-state index in [2.05, 4.69) is 32.7 Å². The summed E-state index contributed by atoms with van der Waals surface area (Å²) >= 11 is 2.16. The highest BCUT2D eigenvalue weighted by atomic mass is 127. The number of hydrogen-bond donors (Lipinski definition) is 1. The van der Waals surface area contributed by atoms with Gasteiger partial charge in [0.2, 0.25) is 0 Å². The average molecular weight is 314 g/mol. The molecular weight excluding hydrogens is 303 g/mol. The Morgan fingerprint density at radius 1 is 1.40 bits per heavy atom. The van der Waals surface area contributed by atoms with Crippen LogP contribution < -0.4 is 5.73 Å². The lowest BCUT2D eigenvalue weighted by Crippen LogP contribution is -2.07. The van der Waals surface area contributed by atoms with E-state index in [1.807, 2.05) is 25.3 Å². The maximum atomic E-state index is 5.85. The lowest BCUT2D eigenvalue weighted by atomic mass is 10.3. The third kappa shape index (κ3) is 2.28. The summed E-state index contributed by atoms with van der Waals surface area (Å²) in [5.74, 6) is 0.693. The second-order valence-corrected chi connectivity index (χ2v) is 4.52. The van der Waals surface area contributed by atoms with Crippen molar-refractivity contribution in [1.29, 1.82) is 0 Å². The molecule has 0 saturated carbocycles. The minimum absolute atomic E-state index is 0.620. The number of nitrogens with two attached hydrogens (primary N) is 1. The predicted molar refractivity (Wildman–Crippen MR) is 67.4 cm³/mol. The van der Waals surface area contributed by atoms with Gasteiger partial charge >= 0.3 is 0 Å². The monoisotopic (exact) mass is 314 g/mol. The summed E-state index contributed by atoms with van der Waals surface area (Å²) in [6.45, 7) is 2.64. The van der Waals surface area contributed by atoms with Gasteiger partial charge in [0.05, 0.1) is 22.0 Å². The third-order valence-corrected chi connectivity index (χ3v) is 2.95. The first-order valence-electron chi connectivity index (χ1n) is 4.55. The Hall–Kier alpha value is -1.11. The van der Waals surface area contributed by atoms with Gasteiger partial charge in [0.25, 0.3) is 0 Å². The van der Waals surface area contributed by atoms with E-state index < -0.39 is 0 Å². The van der Waals surface area contributed by atoms with Crippen molar-refractivity contribution in [3.05, 3.63) is 39.4 Å². The summed E-state index contributed by atoms with van der Waals surface area (Å²) in [7, 11) is 0. The Labute approximate surface area is 102 Å². The van der Waals surface area contributed by atoms with Crippen molar-refractivity contribution in [2.75, 3.05) is 5.73 Å². The van der Waals surface area contributed by atoms with Crippen LogP contribution in [0.25, 0.3) is 0 Å². The van der Waals surface area contributed by atoms with Crippen molar-refractivity contribution >= 4 is 28.4 Å². The minimum Gasteiger partial charge on any atom is -0.383 e. The molecule has 78 valence electrons. The van der Waals surface area contributed by atoms with Crippen LogP contribution in [0, 0.1) is 10.5 Å². The molecule has 0 aliphatic heterocycles. The summed E-state index contributed by atoms with van der Waals surface area (Å²) in [5.41, 5.74) is 7.96. The van der Waals surface area contributed by atoms with Crippen molar-refractivity contribution in [2.24, 2.45) is 0 Å². The summed E-state index contributed by atoms with van der Waals surface area (Å²) < 4.78 is 2.72. The number of rotatable bonds is 2. The zero-order chi connectivity index (χ0) is 10.8. The van der Waals surface area contributed by atoms with Gasteiger partial charge in [0, 0.05) is 6.20 Å². The molecule has 5 heteroatoms. The van der Waals surface area contributed by atoms with Gasteiger partial charge in [0.15, 0.2) is 0 Å². The Balaban J connectivity index is 2.22. The van der Waals surface area contributed by atoms with E-state index in [0.29, 0.717) is 12.4 Å². The highest BCUT2D eigenvalue weighted by Gasteiger charge is 2.05. The highest BCUT2D eigenvalue weighted by Crippen LogP contribution is 2.14. The molecule has 0 aromatic carbocycles. The van der Waals surface area contributed by atoms with E-state index in [0.717, 1.165) is 14.8 Å². The zero-order valence-electron chi connectivity index (χ0n) is 8.31. The first-order valence-corrected chi connectivity index (χ1v) is 5.63. The van der Waals surface area contributed by atoms with Crippen LogP contribution in [-0.4, -0.2) is 14.8 Å². The standard InChI is InChI=1S/C10H11IN4/c1-7-2-3-8(13-4-7)6-15-10(12)9(11)5-14-15/h2-5H,6,12H2,1H3. The van der Waals surface area contributed by atoms with Crippen molar-refractivity contribution in [2.45, 2.75) is 13.5 Å². The van der Waals surface area contributed by atoms with Gasteiger partial charge in [-0.2, -0.15) is 5.10 Å². The summed E-state index contributed by atoms with van der Waals surface area (Å²) in [6.07, 6.45) is 3.60. The molecule has 0 radical (unpaired) electrons. The molecule has 0 atom stereocenters. The van der Waals surface area contributed by atoms with Crippen LogP contribution in [0.2, 0.25) is 0 Å². The molecule has 2 aromatic rings. The number of pyridine rings is 1. The van der Waals surface area contributed by atoms with Crippen molar-refractivity contribution in [3.63, 3.8) is 0 Å². The predicted octanol–water partition coefficient (Wildman–Crippen LogP) is 1.82. The van der Waals surface area contributed by atoms with E-state index in [4.69, 9.17) is 5.73 Å². The molecule has 15 heavy (non-hydrogen) atoms. The number of nitrogens with zero attached hydrogens (tertiary/aromatic N) is 3.